The minimum atomic E-state index is -0.896. The second-order valence-electron chi connectivity index (χ2n) is 4.59. The Kier molecular flexibility index (Phi) is 6.71. The number of aliphatic carboxylic acids is 1. The largest absolute Gasteiger partial charge is 0.480 e. The van der Waals surface area contributed by atoms with Gasteiger partial charge in [0.15, 0.2) is 0 Å². The summed E-state index contributed by atoms with van der Waals surface area (Å²) < 4.78 is 0. The number of nitrogens with zero attached hydrogens (tertiary/aromatic N) is 1. The van der Waals surface area contributed by atoms with E-state index in [1.807, 2.05) is 0 Å². The SMILES string of the molecule is NCCCC[C@H](NN1CCC[C@H]1C(=O)O)C(=O)ON. The van der Waals surface area contributed by atoms with E-state index in [0.29, 0.717) is 25.9 Å². The van der Waals surface area contributed by atoms with Crippen LogP contribution in [-0.2, 0) is 14.4 Å². The van der Waals surface area contributed by atoms with Crippen molar-refractivity contribution in [2.45, 2.75) is 44.2 Å². The first-order valence-electron chi connectivity index (χ1n) is 6.46. The van der Waals surface area contributed by atoms with Gasteiger partial charge in [0.1, 0.15) is 12.1 Å². The minimum Gasteiger partial charge on any atom is -0.480 e. The number of carbonyl (C=O) groups excluding carboxylic acids is 1. The summed E-state index contributed by atoms with van der Waals surface area (Å²) in [6.45, 7) is 1.13. The highest BCUT2D eigenvalue weighted by Crippen LogP contribution is 2.16. The molecule has 1 aliphatic heterocycles. The summed E-state index contributed by atoms with van der Waals surface area (Å²) in [4.78, 5) is 26.9. The van der Waals surface area contributed by atoms with Gasteiger partial charge < -0.3 is 15.7 Å². The summed E-state index contributed by atoms with van der Waals surface area (Å²) >= 11 is 0. The molecule has 0 spiro atoms. The third-order valence-electron chi connectivity index (χ3n) is 3.21. The number of rotatable bonds is 8. The molecule has 2 atom stereocenters. The maximum absolute atomic E-state index is 11.6. The van der Waals surface area contributed by atoms with E-state index < -0.39 is 24.0 Å². The van der Waals surface area contributed by atoms with E-state index in [2.05, 4.69) is 10.3 Å². The number of nitrogens with two attached hydrogens (primary N) is 2. The van der Waals surface area contributed by atoms with E-state index in [0.717, 1.165) is 19.3 Å². The zero-order valence-electron chi connectivity index (χ0n) is 10.9. The maximum Gasteiger partial charge on any atom is 0.342 e. The van der Waals surface area contributed by atoms with Gasteiger partial charge in [0.05, 0.1) is 0 Å². The molecule has 19 heavy (non-hydrogen) atoms. The number of carbonyl (C=O) groups is 2. The normalized spacial score (nSPS) is 21.3. The smallest absolute Gasteiger partial charge is 0.342 e. The Morgan fingerprint density at radius 1 is 1.47 bits per heavy atom. The predicted octanol–water partition coefficient (Wildman–Crippen LogP) is -1.05. The number of hydrogen-bond donors (Lipinski definition) is 4. The standard InChI is InChI=1S/C11H22N4O4/c12-6-2-1-4-8(11(18)19-13)14-15-7-3-5-9(15)10(16)17/h8-9,14H,1-7,12-13H2,(H,16,17)/t8-,9-/m0/s1. The number of hydrogen-bond acceptors (Lipinski definition) is 7. The van der Waals surface area contributed by atoms with Crippen molar-refractivity contribution in [2.75, 3.05) is 13.1 Å². The van der Waals surface area contributed by atoms with Gasteiger partial charge in [-0.25, -0.2) is 15.2 Å². The Morgan fingerprint density at radius 3 is 2.79 bits per heavy atom. The molecule has 1 heterocycles. The Hall–Kier alpha value is -1.22. The summed E-state index contributed by atoms with van der Waals surface area (Å²) in [6.07, 6.45) is 3.38. The van der Waals surface area contributed by atoms with Gasteiger partial charge in [-0.3, -0.25) is 4.79 Å². The Balaban J connectivity index is 2.55. The van der Waals surface area contributed by atoms with Gasteiger partial charge in [0, 0.05) is 6.54 Å². The van der Waals surface area contributed by atoms with Crippen LogP contribution in [0.3, 0.4) is 0 Å². The molecule has 0 amide bonds. The number of unbranched alkanes of at least 4 members (excludes halogenated alkanes) is 1. The Morgan fingerprint density at radius 2 is 2.21 bits per heavy atom. The van der Waals surface area contributed by atoms with Crippen LogP contribution < -0.4 is 17.1 Å². The van der Waals surface area contributed by atoms with Crippen LogP contribution in [0.2, 0.25) is 0 Å². The molecule has 0 aromatic rings. The molecule has 110 valence electrons. The zero-order valence-corrected chi connectivity index (χ0v) is 10.9. The molecule has 0 aromatic heterocycles. The second kappa shape index (κ2) is 8.05. The maximum atomic E-state index is 11.6. The molecule has 1 rings (SSSR count). The molecule has 0 saturated carbocycles. The zero-order chi connectivity index (χ0) is 14.3. The third-order valence-corrected chi connectivity index (χ3v) is 3.21. The highest BCUT2D eigenvalue weighted by molar-refractivity contribution is 5.76. The molecule has 1 saturated heterocycles. The van der Waals surface area contributed by atoms with Gasteiger partial charge >= 0.3 is 11.9 Å². The first kappa shape index (κ1) is 15.8. The topological polar surface area (TPSA) is 131 Å². The first-order valence-corrected chi connectivity index (χ1v) is 6.46. The van der Waals surface area contributed by atoms with E-state index in [9.17, 15) is 9.59 Å². The summed E-state index contributed by atoms with van der Waals surface area (Å²) in [5.74, 6) is 3.41. The lowest BCUT2D eigenvalue weighted by Crippen LogP contribution is -2.53. The van der Waals surface area contributed by atoms with E-state index in [4.69, 9.17) is 16.7 Å². The van der Waals surface area contributed by atoms with Gasteiger partial charge in [-0.15, -0.1) is 0 Å². The van der Waals surface area contributed by atoms with Gasteiger partial charge in [-0.1, -0.05) is 0 Å². The van der Waals surface area contributed by atoms with Crippen molar-refractivity contribution in [1.82, 2.24) is 10.4 Å². The van der Waals surface area contributed by atoms with Crippen molar-refractivity contribution in [2.24, 2.45) is 11.6 Å². The van der Waals surface area contributed by atoms with Gasteiger partial charge in [-0.05, 0) is 38.6 Å². The molecule has 6 N–H and O–H groups in total. The quantitative estimate of drug-likeness (QED) is 0.326. The number of carboxylic acids is 1. The van der Waals surface area contributed by atoms with E-state index in [1.54, 1.807) is 5.01 Å². The molecule has 1 aliphatic rings. The lowest BCUT2D eigenvalue weighted by atomic mass is 10.1. The van der Waals surface area contributed by atoms with Crippen LogP contribution >= 0.6 is 0 Å². The van der Waals surface area contributed by atoms with Gasteiger partial charge in [0.25, 0.3) is 0 Å². The van der Waals surface area contributed by atoms with E-state index in [-0.39, 0.29) is 0 Å². The lowest BCUT2D eigenvalue weighted by molar-refractivity contribution is -0.151. The summed E-state index contributed by atoms with van der Waals surface area (Å²) in [5.41, 5.74) is 8.31. The van der Waals surface area contributed by atoms with Crippen molar-refractivity contribution in [3.63, 3.8) is 0 Å². The van der Waals surface area contributed by atoms with E-state index in [1.165, 1.54) is 0 Å². The van der Waals surface area contributed by atoms with Crippen LogP contribution in [0.5, 0.6) is 0 Å². The average molecular weight is 274 g/mol. The van der Waals surface area contributed by atoms with Crippen LogP contribution in [0.4, 0.5) is 0 Å². The van der Waals surface area contributed by atoms with Gasteiger partial charge in [0.2, 0.25) is 0 Å². The van der Waals surface area contributed by atoms with Crippen LogP contribution in [0.15, 0.2) is 0 Å². The molecular weight excluding hydrogens is 252 g/mol. The fourth-order valence-electron chi connectivity index (χ4n) is 2.19. The molecule has 0 aromatic carbocycles. The number of hydrazine groups is 1. The Labute approximate surface area is 112 Å². The van der Waals surface area contributed by atoms with E-state index >= 15 is 0 Å². The van der Waals surface area contributed by atoms with Crippen LogP contribution in [-0.4, -0.2) is 47.2 Å². The number of carboxylic acid groups (broad SMARTS) is 1. The molecule has 8 nitrogen and oxygen atoms in total. The van der Waals surface area contributed by atoms with Crippen molar-refractivity contribution >= 4 is 11.9 Å². The summed E-state index contributed by atoms with van der Waals surface area (Å²) in [5, 5.41) is 10.6. The molecule has 0 unspecified atom stereocenters. The van der Waals surface area contributed by atoms with Crippen LogP contribution in [0.1, 0.15) is 32.1 Å². The molecule has 8 heteroatoms. The molecular formula is C11H22N4O4. The van der Waals surface area contributed by atoms with Crippen molar-refractivity contribution in [1.29, 1.82) is 0 Å². The minimum absolute atomic E-state index is 0.510. The molecule has 0 bridgehead atoms. The average Bonchev–Trinajstić information content (AvgIpc) is 2.85. The van der Waals surface area contributed by atoms with Crippen LogP contribution in [0, 0.1) is 0 Å². The molecule has 0 aliphatic carbocycles. The first-order chi connectivity index (χ1) is 9.10. The Bertz CT molecular complexity index is 313. The third kappa shape index (κ3) is 4.75. The summed E-state index contributed by atoms with van der Waals surface area (Å²) in [7, 11) is 0. The van der Waals surface area contributed by atoms with Gasteiger partial charge in [-0.2, -0.15) is 5.90 Å². The second-order valence-corrected chi connectivity index (χ2v) is 4.59. The monoisotopic (exact) mass is 274 g/mol. The molecule has 1 fully saturated rings. The highest BCUT2D eigenvalue weighted by Gasteiger charge is 2.33. The fraction of sp³-hybridized carbons (Fsp3) is 0.818. The van der Waals surface area contributed by atoms with Crippen molar-refractivity contribution < 1.29 is 19.5 Å². The lowest BCUT2D eigenvalue weighted by Gasteiger charge is -2.26. The fourth-order valence-corrected chi connectivity index (χ4v) is 2.19. The van der Waals surface area contributed by atoms with Crippen molar-refractivity contribution in [3.8, 4) is 0 Å². The summed E-state index contributed by atoms with van der Waals surface area (Å²) in [6, 6.07) is -1.24. The van der Waals surface area contributed by atoms with Crippen LogP contribution in [0.25, 0.3) is 0 Å². The highest BCUT2D eigenvalue weighted by atomic mass is 16.7. The molecule has 0 radical (unpaired) electrons. The van der Waals surface area contributed by atoms with Crippen molar-refractivity contribution in [3.05, 3.63) is 0 Å². The predicted molar refractivity (Wildman–Crippen MR) is 67.5 cm³/mol. The number of nitrogens with one attached hydrogen (secondary N) is 1.